The van der Waals surface area contributed by atoms with Crippen molar-refractivity contribution in [1.29, 1.82) is 0 Å². The predicted molar refractivity (Wildman–Crippen MR) is 106 cm³/mol. The molecule has 0 aliphatic heterocycles. The fraction of sp³-hybridized carbons (Fsp3) is 0.429. The van der Waals surface area contributed by atoms with Crippen LogP contribution in [-0.2, 0) is 19.3 Å². The fourth-order valence-corrected chi connectivity index (χ4v) is 3.56. The van der Waals surface area contributed by atoms with Crippen LogP contribution in [0.2, 0.25) is 0 Å². The molecule has 0 amide bonds. The molecular formula is C21H26N4O2. The number of nitrogens with zero attached hydrogens (tertiary/aromatic N) is 2. The van der Waals surface area contributed by atoms with Crippen molar-refractivity contribution >= 4 is 10.9 Å². The molecular weight excluding hydrogens is 340 g/mol. The van der Waals surface area contributed by atoms with Crippen LogP contribution in [0.3, 0.4) is 0 Å². The highest BCUT2D eigenvalue weighted by Crippen LogP contribution is 2.23. The number of benzene rings is 1. The van der Waals surface area contributed by atoms with Crippen LogP contribution in [0, 0.1) is 0 Å². The summed E-state index contributed by atoms with van der Waals surface area (Å²) >= 11 is 0. The minimum Gasteiger partial charge on any atom is -0.497 e. The SMILES string of the molecule is COc1ccc2[nH]cc(CCNCCOc3cnc4c(n3)CCCC4)c2c1. The molecule has 2 aromatic heterocycles. The Kier molecular flexibility index (Phi) is 5.53. The molecule has 0 saturated heterocycles. The van der Waals surface area contributed by atoms with E-state index in [2.05, 4.69) is 38.6 Å². The molecule has 2 heterocycles. The summed E-state index contributed by atoms with van der Waals surface area (Å²) in [6.07, 6.45) is 9.26. The maximum absolute atomic E-state index is 5.75. The Morgan fingerprint density at radius 3 is 2.93 bits per heavy atom. The van der Waals surface area contributed by atoms with Crippen molar-refractivity contribution in [3.05, 3.63) is 47.5 Å². The number of hydrogen-bond donors (Lipinski definition) is 2. The van der Waals surface area contributed by atoms with Crippen molar-refractivity contribution in [2.75, 3.05) is 26.8 Å². The molecule has 0 spiro atoms. The van der Waals surface area contributed by atoms with E-state index in [1.165, 1.54) is 23.8 Å². The first-order chi connectivity index (χ1) is 13.3. The quantitative estimate of drug-likeness (QED) is 0.600. The zero-order chi connectivity index (χ0) is 18.5. The van der Waals surface area contributed by atoms with Gasteiger partial charge in [0.2, 0.25) is 5.88 Å². The molecule has 6 nitrogen and oxygen atoms in total. The van der Waals surface area contributed by atoms with Gasteiger partial charge in [-0.15, -0.1) is 0 Å². The molecule has 142 valence electrons. The van der Waals surface area contributed by atoms with Crippen molar-refractivity contribution in [2.45, 2.75) is 32.1 Å². The maximum Gasteiger partial charge on any atom is 0.232 e. The van der Waals surface area contributed by atoms with E-state index < -0.39 is 0 Å². The lowest BCUT2D eigenvalue weighted by molar-refractivity contribution is 0.299. The molecule has 1 aromatic carbocycles. The number of aromatic amines is 1. The molecule has 27 heavy (non-hydrogen) atoms. The van der Waals surface area contributed by atoms with Crippen LogP contribution in [0.25, 0.3) is 10.9 Å². The predicted octanol–water partition coefficient (Wildman–Crippen LogP) is 3.06. The highest BCUT2D eigenvalue weighted by Gasteiger charge is 2.12. The Morgan fingerprint density at radius 2 is 2.04 bits per heavy atom. The zero-order valence-electron chi connectivity index (χ0n) is 15.8. The highest BCUT2D eigenvalue weighted by atomic mass is 16.5. The summed E-state index contributed by atoms with van der Waals surface area (Å²) in [4.78, 5) is 12.4. The van der Waals surface area contributed by atoms with Gasteiger partial charge < -0.3 is 19.8 Å². The molecule has 1 aliphatic carbocycles. The summed E-state index contributed by atoms with van der Waals surface area (Å²) in [5, 5.41) is 4.65. The van der Waals surface area contributed by atoms with E-state index in [0.29, 0.717) is 12.5 Å². The third-order valence-electron chi connectivity index (χ3n) is 5.06. The van der Waals surface area contributed by atoms with Gasteiger partial charge in [-0.05, 0) is 62.4 Å². The van der Waals surface area contributed by atoms with E-state index in [0.717, 1.165) is 55.0 Å². The Labute approximate surface area is 159 Å². The smallest absolute Gasteiger partial charge is 0.232 e. The summed E-state index contributed by atoms with van der Waals surface area (Å²) in [5.74, 6) is 1.53. The third kappa shape index (κ3) is 4.22. The average molecular weight is 366 g/mol. The second-order valence-corrected chi connectivity index (χ2v) is 6.88. The summed E-state index contributed by atoms with van der Waals surface area (Å²) < 4.78 is 11.1. The van der Waals surface area contributed by atoms with Gasteiger partial charge in [-0.1, -0.05) is 0 Å². The summed E-state index contributed by atoms with van der Waals surface area (Å²) in [5.41, 5.74) is 4.68. The maximum atomic E-state index is 5.75. The minimum atomic E-state index is 0.592. The van der Waals surface area contributed by atoms with Crippen LogP contribution in [0.4, 0.5) is 0 Å². The first kappa shape index (κ1) is 17.8. The van der Waals surface area contributed by atoms with E-state index in [1.807, 2.05) is 6.07 Å². The third-order valence-corrected chi connectivity index (χ3v) is 5.06. The molecule has 2 N–H and O–H groups in total. The average Bonchev–Trinajstić information content (AvgIpc) is 3.12. The molecule has 0 atom stereocenters. The first-order valence-corrected chi connectivity index (χ1v) is 9.66. The van der Waals surface area contributed by atoms with Crippen molar-refractivity contribution in [3.63, 3.8) is 0 Å². The Hall–Kier alpha value is -2.60. The largest absolute Gasteiger partial charge is 0.497 e. The van der Waals surface area contributed by atoms with Crippen molar-refractivity contribution in [2.24, 2.45) is 0 Å². The minimum absolute atomic E-state index is 0.592. The van der Waals surface area contributed by atoms with Crippen molar-refractivity contribution in [1.82, 2.24) is 20.3 Å². The molecule has 1 aliphatic rings. The van der Waals surface area contributed by atoms with Gasteiger partial charge in [0.05, 0.1) is 24.7 Å². The Morgan fingerprint density at radius 1 is 1.15 bits per heavy atom. The molecule has 0 fully saturated rings. The van der Waals surface area contributed by atoms with Crippen LogP contribution < -0.4 is 14.8 Å². The number of hydrogen-bond acceptors (Lipinski definition) is 5. The molecule has 3 aromatic rings. The van der Waals surface area contributed by atoms with Gasteiger partial charge in [0.1, 0.15) is 12.4 Å². The number of aromatic nitrogens is 3. The second-order valence-electron chi connectivity index (χ2n) is 6.88. The van der Waals surface area contributed by atoms with E-state index in [-0.39, 0.29) is 0 Å². The van der Waals surface area contributed by atoms with Crippen LogP contribution in [-0.4, -0.2) is 41.8 Å². The number of nitrogens with one attached hydrogen (secondary N) is 2. The molecule has 0 unspecified atom stereocenters. The van der Waals surface area contributed by atoms with E-state index >= 15 is 0 Å². The summed E-state index contributed by atoms with van der Waals surface area (Å²) in [6, 6.07) is 6.11. The van der Waals surface area contributed by atoms with E-state index in [1.54, 1.807) is 13.3 Å². The van der Waals surface area contributed by atoms with Crippen LogP contribution in [0.5, 0.6) is 11.6 Å². The zero-order valence-corrected chi connectivity index (χ0v) is 15.8. The van der Waals surface area contributed by atoms with Crippen LogP contribution in [0.1, 0.15) is 29.8 Å². The number of H-pyrrole nitrogens is 1. The summed E-state index contributed by atoms with van der Waals surface area (Å²) in [7, 11) is 1.70. The van der Waals surface area contributed by atoms with Gasteiger partial charge in [0.15, 0.2) is 0 Å². The number of methoxy groups -OCH3 is 1. The van der Waals surface area contributed by atoms with Gasteiger partial charge in [-0.3, -0.25) is 4.98 Å². The van der Waals surface area contributed by atoms with E-state index in [9.17, 15) is 0 Å². The molecule has 6 heteroatoms. The van der Waals surface area contributed by atoms with Crippen LogP contribution >= 0.6 is 0 Å². The monoisotopic (exact) mass is 366 g/mol. The normalized spacial score (nSPS) is 13.5. The van der Waals surface area contributed by atoms with Gasteiger partial charge in [-0.25, -0.2) is 4.98 Å². The van der Waals surface area contributed by atoms with Crippen LogP contribution in [0.15, 0.2) is 30.6 Å². The number of rotatable bonds is 8. The molecule has 0 saturated carbocycles. The topological polar surface area (TPSA) is 72.1 Å². The van der Waals surface area contributed by atoms with Gasteiger partial charge in [0, 0.05) is 23.6 Å². The van der Waals surface area contributed by atoms with E-state index in [4.69, 9.17) is 9.47 Å². The van der Waals surface area contributed by atoms with Gasteiger partial charge in [0.25, 0.3) is 0 Å². The molecule has 0 radical (unpaired) electrons. The summed E-state index contributed by atoms with van der Waals surface area (Å²) in [6.45, 7) is 2.27. The molecule has 0 bridgehead atoms. The Bertz CT molecular complexity index is 906. The lowest BCUT2D eigenvalue weighted by Gasteiger charge is -2.14. The highest BCUT2D eigenvalue weighted by molar-refractivity contribution is 5.84. The molecule has 4 rings (SSSR count). The van der Waals surface area contributed by atoms with Crippen molar-refractivity contribution < 1.29 is 9.47 Å². The van der Waals surface area contributed by atoms with Gasteiger partial charge in [-0.2, -0.15) is 0 Å². The fourth-order valence-electron chi connectivity index (χ4n) is 3.56. The van der Waals surface area contributed by atoms with Crippen molar-refractivity contribution in [3.8, 4) is 11.6 Å². The first-order valence-electron chi connectivity index (χ1n) is 9.66. The Balaban J connectivity index is 1.22. The standard InChI is InChI=1S/C21H26N4O2/c1-26-16-6-7-18-17(12-16)15(13-23-18)8-9-22-10-11-27-21-14-24-19-4-2-3-5-20(19)25-21/h6-7,12-14,22-23H,2-5,8-11H2,1H3. The number of aryl methyl sites for hydroxylation is 2. The number of ether oxygens (including phenoxy) is 2. The lowest BCUT2D eigenvalue weighted by Crippen LogP contribution is -2.23. The lowest BCUT2D eigenvalue weighted by atomic mass is 10.0. The number of fused-ring (bicyclic) bond motifs is 2. The second kappa shape index (κ2) is 8.39. The van der Waals surface area contributed by atoms with Gasteiger partial charge >= 0.3 is 0 Å².